The first-order valence-electron chi connectivity index (χ1n) is 7.89. The first-order valence-corrected chi connectivity index (χ1v) is 7.89. The number of hydrogen-bond acceptors (Lipinski definition) is 5. The first kappa shape index (κ1) is 13.9. The van der Waals surface area contributed by atoms with Gasteiger partial charge in [-0.2, -0.15) is 0 Å². The van der Waals surface area contributed by atoms with E-state index in [1.807, 2.05) is 4.90 Å². The van der Waals surface area contributed by atoms with Crippen molar-refractivity contribution < 1.29 is 13.9 Å². The second kappa shape index (κ2) is 5.46. The van der Waals surface area contributed by atoms with E-state index >= 15 is 0 Å². The molecular weight excluding hydrogens is 287 g/mol. The van der Waals surface area contributed by atoms with Gasteiger partial charge in [0, 0.05) is 26.1 Å². The van der Waals surface area contributed by atoms with Gasteiger partial charge in [-0.15, -0.1) is 0 Å². The fourth-order valence-electron chi connectivity index (χ4n) is 3.91. The second-order valence-electron chi connectivity index (χ2n) is 6.16. The fourth-order valence-corrected chi connectivity index (χ4v) is 3.91. The molecule has 22 heavy (non-hydrogen) atoms. The maximum atomic E-state index is 13.1. The van der Waals surface area contributed by atoms with E-state index in [2.05, 4.69) is 14.9 Å². The van der Waals surface area contributed by atoms with Gasteiger partial charge in [-0.25, -0.2) is 14.4 Å². The highest BCUT2D eigenvalue weighted by atomic mass is 19.1. The molecule has 0 N–H and O–H groups in total. The number of rotatable bonds is 2. The third kappa shape index (κ3) is 2.24. The predicted molar refractivity (Wildman–Crippen MR) is 76.8 cm³/mol. The molecule has 118 valence electrons. The molecule has 3 aliphatic rings. The lowest BCUT2D eigenvalue weighted by molar-refractivity contribution is -0.132. The number of hydrogen-bond donors (Lipinski definition) is 0. The van der Waals surface area contributed by atoms with Crippen molar-refractivity contribution in [3.05, 3.63) is 18.2 Å². The summed E-state index contributed by atoms with van der Waals surface area (Å²) in [5.41, 5.74) is 0. The molecule has 0 saturated carbocycles. The van der Waals surface area contributed by atoms with Gasteiger partial charge in [0.25, 0.3) is 0 Å². The highest BCUT2D eigenvalue weighted by molar-refractivity contribution is 5.78. The Morgan fingerprint density at radius 1 is 1.18 bits per heavy atom. The topological polar surface area (TPSA) is 58.6 Å². The van der Waals surface area contributed by atoms with Crippen molar-refractivity contribution in [1.82, 2.24) is 14.9 Å². The van der Waals surface area contributed by atoms with Crippen molar-refractivity contribution in [2.75, 3.05) is 24.6 Å². The Hall–Kier alpha value is -1.76. The van der Waals surface area contributed by atoms with Crippen LogP contribution in [0, 0.1) is 5.82 Å². The molecule has 4 heterocycles. The summed E-state index contributed by atoms with van der Waals surface area (Å²) < 4.78 is 19.0. The van der Waals surface area contributed by atoms with Gasteiger partial charge < -0.3 is 14.5 Å². The van der Waals surface area contributed by atoms with Gasteiger partial charge in [0.05, 0.1) is 30.6 Å². The largest absolute Gasteiger partial charge is 0.374 e. The van der Waals surface area contributed by atoms with E-state index in [4.69, 9.17) is 4.74 Å². The summed E-state index contributed by atoms with van der Waals surface area (Å²) in [6.07, 6.45) is 5.90. The number of amides is 1. The third-order valence-corrected chi connectivity index (χ3v) is 4.87. The summed E-state index contributed by atoms with van der Waals surface area (Å²) in [5, 5.41) is 0. The van der Waals surface area contributed by atoms with Crippen LogP contribution in [0.2, 0.25) is 0 Å². The van der Waals surface area contributed by atoms with Crippen LogP contribution < -0.4 is 4.90 Å². The Morgan fingerprint density at radius 2 is 2.00 bits per heavy atom. The van der Waals surface area contributed by atoms with Crippen LogP contribution in [0.3, 0.4) is 0 Å². The molecule has 1 aromatic heterocycles. The molecule has 4 rings (SSSR count). The van der Waals surface area contributed by atoms with Crippen molar-refractivity contribution >= 4 is 11.9 Å². The summed E-state index contributed by atoms with van der Waals surface area (Å²) in [4.78, 5) is 24.4. The van der Waals surface area contributed by atoms with E-state index in [1.54, 1.807) is 0 Å². The lowest BCUT2D eigenvalue weighted by Gasteiger charge is -2.34. The Kier molecular flexibility index (Phi) is 3.44. The summed E-state index contributed by atoms with van der Waals surface area (Å²) in [7, 11) is 0. The van der Waals surface area contributed by atoms with E-state index in [9.17, 15) is 9.18 Å². The van der Waals surface area contributed by atoms with Gasteiger partial charge in [-0.3, -0.25) is 4.79 Å². The molecule has 0 radical (unpaired) electrons. The molecule has 0 unspecified atom stereocenters. The fraction of sp³-hybridized carbons (Fsp3) is 0.667. The zero-order valence-electron chi connectivity index (χ0n) is 12.3. The van der Waals surface area contributed by atoms with E-state index in [0.717, 1.165) is 32.4 Å². The molecule has 7 heteroatoms. The number of likely N-dealkylation sites (tertiary alicyclic amines) is 1. The summed E-state index contributed by atoms with van der Waals surface area (Å²) in [6, 6.07) is 0.214. The van der Waals surface area contributed by atoms with Gasteiger partial charge in [-0.1, -0.05) is 0 Å². The molecule has 0 bridgehead atoms. The Morgan fingerprint density at radius 3 is 2.73 bits per heavy atom. The summed E-state index contributed by atoms with van der Waals surface area (Å²) in [6.45, 7) is 2.19. The molecule has 6 nitrogen and oxygen atoms in total. The SMILES string of the molecule is O=C1CCCN1[C@@H]1CN(c2ncc(F)cn2)[C@@H]2CCCO[C@H]12. The van der Waals surface area contributed by atoms with Crippen molar-refractivity contribution in [2.45, 2.75) is 43.9 Å². The van der Waals surface area contributed by atoms with Gasteiger partial charge in [0.15, 0.2) is 5.82 Å². The van der Waals surface area contributed by atoms with Crippen LogP contribution in [0.25, 0.3) is 0 Å². The maximum absolute atomic E-state index is 13.1. The normalized spacial score (nSPS) is 31.7. The zero-order chi connectivity index (χ0) is 15.1. The maximum Gasteiger partial charge on any atom is 0.225 e. The number of aromatic nitrogens is 2. The monoisotopic (exact) mass is 306 g/mol. The third-order valence-electron chi connectivity index (χ3n) is 4.87. The first-order chi connectivity index (χ1) is 10.7. The van der Waals surface area contributed by atoms with Crippen molar-refractivity contribution in [1.29, 1.82) is 0 Å². The van der Waals surface area contributed by atoms with Crippen LogP contribution in [0.5, 0.6) is 0 Å². The van der Waals surface area contributed by atoms with Crippen LogP contribution in [0.15, 0.2) is 12.4 Å². The highest BCUT2D eigenvalue weighted by Crippen LogP contribution is 2.35. The van der Waals surface area contributed by atoms with Crippen molar-refractivity contribution in [3.8, 4) is 0 Å². The lowest BCUT2D eigenvalue weighted by atomic mass is 10.0. The number of carbonyl (C=O) groups excluding carboxylic acids is 1. The summed E-state index contributed by atoms with van der Waals surface area (Å²) >= 11 is 0. The Bertz CT molecular complexity index is 567. The van der Waals surface area contributed by atoms with Crippen molar-refractivity contribution in [2.24, 2.45) is 0 Å². The number of halogens is 1. The van der Waals surface area contributed by atoms with Crippen LogP contribution in [0.1, 0.15) is 25.7 Å². The van der Waals surface area contributed by atoms with Crippen molar-refractivity contribution in [3.63, 3.8) is 0 Å². The minimum absolute atomic E-state index is 0.00412. The molecule has 0 spiro atoms. The molecule has 3 aliphatic heterocycles. The van der Waals surface area contributed by atoms with E-state index < -0.39 is 5.82 Å². The lowest BCUT2D eigenvalue weighted by Crippen LogP contribution is -2.48. The minimum atomic E-state index is -0.439. The molecule has 3 fully saturated rings. The van der Waals surface area contributed by atoms with Gasteiger partial charge in [0.2, 0.25) is 11.9 Å². The minimum Gasteiger partial charge on any atom is -0.374 e. The smallest absolute Gasteiger partial charge is 0.225 e. The van der Waals surface area contributed by atoms with E-state index in [1.165, 1.54) is 12.4 Å². The highest BCUT2D eigenvalue weighted by Gasteiger charge is 2.49. The quantitative estimate of drug-likeness (QED) is 0.815. The average molecular weight is 306 g/mol. The second-order valence-corrected chi connectivity index (χ2v) is 6.16. The standard InChI is InChI=1S/C15H19FN4O2/c16-10-7-17-15(18-8-10)20-9-12(19-5-1-4-13(19)21)14-11(20)3-2-6-22-14/h7-8,11-12,14H,1-6,9H2/t11-,12-,14+/m1/s1. The molecule has 1 aromatic rings. The number of ether oxygens (including phenoxy) is 1. The predicted octanol–water partition coefficient (Wildman–Crippen LogP) is 0.974. The molecule has 3 saturated heterocycles. The van der Waals surface area contributed by atoms with E-state index in [0.29, 0.717) is 18.9 Å². The van der Waals surface area contributed by atoms with Gasteiger partial charge >= 0.3 is 0 Å². The van der Waals surface area contributed by atoms with Crippen LogP contribution >= 0.6 is 0 Å². The Balaban J connectivity index is 1.62. The van der Waals surface area contributed by atoms with Gasteiger partial charge in [-0.05, 0) is 19.3 Å². The number of nitrogens with zero attached hydrogens (tertiary/aromatic N) is 4. The van der Waals surface area contributed by atoms with Crippen LogP contribution in [-0.2, 0) is 9.53 Å². The number of carbonyl (C=O) groups is 1. The molecule has 3 atom stereocenters. The molecule has 0 aromatic carbocycles. The molecular formula is C15H19FN4O2. The average Bonchev–Trinajstić information content (AvgIpc) is 3.12. The van der Waals surface area contributed by atoms with Gasteiger partial charge in [0.1, 0.15) is 0 Å². The Labute approximate surface area is 128 Å². The number of anilines is 1. The molecule has 1 amide bonds. The molecule has 0 aliphatic carbocycles. The van der Waals surface area contributed by atoms with E-state index in [-0.39, 0.29) is 24.1 Å². The zero-order valence-corrected chi connectivity index (χ0v) is 12.3. The summed E-state index contributed by atoms with van der Waals surface area (Å²) in [5.74, 6) is 0.293. The number of fused-ring (bicyclic) bond motifs is 1. The van der Waals surface area contributed by atoms with Crippen LogP contribution in [-0.4, -0.2) is 58.7 Å². The van der Waals surface area contributed by atoms with Crippen LogP contribution in [0.4, 0.5) is 10.3 Å².